The molecule has 94 valence electrons. The Kier molecular flexibility index (Phi) is 3.54. The number of nitrogens with one attached hydrogen (secondary N) is 1. The summed E-state index contributed by atoms with van der Waals surface area (Å²) < 4.78 is 5.50. The van der Waals surface area contributed by atoms with E-state index in [0.717, 1.165) is 30.8 Å². The summed E-state index contributed by atoms with van der Waals surface area (Å²) in [5.41, 5.74) is 1.67. The summed E-state index contributed by atoms with van der Waals surface area (Å²) in [5.74, 6) is 0.655. The average molecular weight is 256 g/mol. The summed E-state index contributed by atoms with van der Waals surface area (Å²) in [4.78, 5) is 8.72. The van der Waals surface area contributed by atoms with Crippen LogP contribution < -0.4 is 5.32 Å². The lowest BCUT2D eigenvalue weighted by Crippen LogP contribution is -2.43. The van der Waals surface area contributed by atoms with E-state index in [1.54, 1.807) is 0 Å². The number of rotatable bonds is 2. The number of ether oxygens (including phenoxy) is 1. The molecule has 4 nitrogen and oxygen atoms in total. The summed E-state index contributed by atoms with van der Waals surface area (Å²) in [6, 6.07) is 0. The highest BCUT2D eigenvalue weighted by Gasteiger charge is 2.28. The van der Waals surface area contributed by atoms with Crippen molar-refractivity contribution >= 4 is 17.4 Å². The number of hydrogen-bond donors (Lipinski definition) is 1. The Morgan fingerprint density at radius 3 is 2.65 bits per heavy atom. The van der Waals surface area contributed by atoms with Crippen LogP contribution in [0.25, 0.3) is 0 Å². The van der Waals surface area contributed by atoms with Gasteiger partial charge in [0.25, 0.3) is 0 Å². The molecule has 0 aromatic carbocycles. The van der Waals surface area contributed by atoms with Crippen LogP contribution in [0, 0.1) is 13.8 Å². The first kappa shape index (κ1) is 12.6. The van der Waals surface area contributed by atoms with Gasteiger partial charge in [-0.3, -0.25) is 0 Å². The summed E-state index contributed by atoms with van der Waals surface area (Å²) >= 11 is 6.11. The topological polar surface area (TPSA) is 47.0 Å². The van der Waals surface area contributed by atoms with Gasteiger partial charge >= 0.3 is 0 Å². The molecule has 1 aromatic heterocycles. The molecular formula is C12H18ClN3O. The second-order valence-corrected chi connectivity index (χ2v) is 5.23. The third kappa shape index (κ3) is 2.87. The number of aryl methyl sites for hydroxylation is 2. The molecular weight excluding hydrogens is 238 g/mol. The molecule has 5 heteroatoms. The lowest BCUT2D eigenvalue weighted by Gasteiger charge is -2.35. The minimum absolute atomic E-state index is 0.0989. The number of hydrogen-bond acceptors (Lipinski definition) is 4. The highest BCUT2D eigenvalue weighted by molar-refractivity contribution is 6.31. The predicted octanol–water partition coefficient (Wildman–Crippen LogP) is 2.73. The molecule has 0 radical (unpaired) electrons. The van der Waals surface area contributed by atoms with Crippen LogP contribution in [-0.2, 0) is 4.74 Å². The van der Waals surface area contributed by atoms with Crippen LogP contribution in [0.1, 0.15) is 31.2 Å². The predicted molar refractivity (Wildman–Crippen MR) is 68.6 cm³/mol. The molecule has 1 fully saturated rings. The quantitative estimate of drug-likeness (QED) is 0.883. The fourth-order valence-corrected chi connectivity index (χ4v) is 2.19. The maximum atomic E-state index is 6.11. The van der Waals surface area contributed by atoms with Crippen molar-refractivity contribution in [3.8, 4) is 0 Å². The van der Waals surface area contributed by atoms with Gasteiger partial charge in [-0.15, -0.1) is 0 Å². The fourth-order valence-electron chi connectivity index (χ4n) is 1.97. The maximum absolute atomic E-state index is 6.11. The largest absolute Gasteiger partial charge is 0.379 e. The number of halogens is 1. The third-order valence-corrected chi connectivity index (χ3v) is 3.39. The van der Waals surface area contributed by atoms with Crippen LogP contribution in [0.5, 0.6) is 0 Å². The minimum Gasteiger partial charge on any atom is -0.379 e. The smallest absolute Gasteiger partial charge is 0.171 e. The normalized spacial score (nSPS) is 24.7. The van der Waals surface area contributed by atoms with Gasteiger partial charge in [-0.05, 0) is 33.6 Å². The molecule has 1 aromatic rings. The van der Waals surface area contributed by atoms with Crippen molar-refractivity contribution in [3.63, 3.8) is 0 Å². The van der Waals surface area contributed by atoms with Gasteiger partial charge in [-0.1, -0.05) is 11.6 Å². The molecule has 0 saturated carbocycles. The molecule has 2 rings (SSSR count). The molecule has 1 unspecified atom stereocenters. The van der Waals surface area contributed by atoms with Crippen LogP contribution in [0.3, 0.4) is 0 Å². The molecule has 17 heavy (non-hydrogen) atoms. The van der Waals surface area contributed by atoms with Crippen LogP contribution in [0.15, 0.2) is 0 Å². The standard InChI is InChI=1S/C12H18ClN3O/c1-8-9(2)15-11(10(13)14-8)16-12(3)5-4-6-17-7-12/h4-7H2,1-3H3,(H,15,16). The molecule has 0 spiro atoms. The van der Waals surface area contributed by atoms with Crippen molar-refractivity contribution in [1.29, 1.82) is 0 Å². The minimum atomic E-state index is -0.0989. The highest BCUT2D eigenvalue weighted by Crippen LogP contribution is 2.27. The van der Waals surface area contributed by atoms with E-state index in [9.17, 15) is 0 Å². The van der Waals surface area contributed by atoms with Crippen LogP contribution >= 0.6 is 11.6 Å². The monoisotopic (exact) mass is 255 g/mol. The lowest BCUT2D eigenvalue weighted by molar-refractivity contribution is 0.0539. The number of nitrogens with zero attached hydrogens (tertiary/aromatic N) is 2. The summed E-state index contributed by atoms with van der Waals surface area (Å²) in [6.45, 7) is 7.48. The van der Waals surface area contributed by atoms with Crippen LogP contribution in [0.2, 0.25) is 5.15 Å². The number of anilines is 1. The van der Waals surface area contributed by atoms with E-state index in [4.69, 9.17) is 16.3 Å². The second-order valence-electron chi connectivity index (χ2n) is 4.88. The van der Waals surface area contributed by atoms with Gasteiger partial charge in [0.2, 0.25) is 0 Å². The van der Waals surface area contributed by atoms with Crippen molar-refractivity contribution in [2.45, 2.75) is 39.2 Å². The van der Waals surface area contributed by atoms with Gasteiger partial charge in [0, 0.05) is 6.61 Å². The van der Waals surface area contributed by atoms with E-state index < -0.39 is 0 Å². The van der Waals surface area contributed by atoms with Gasteiger partial charge in [-0.2, -0.15) is 0 Å². The Hall–Kier alpha value is -0.870. The Labute approximate surface area is 107 Å². The molecule has 1 atom stereocenters. The zero-order valence-corrected chi connectivity index (χ0v) is 11.3. The second kappa shape index (κ2) is 4.78. The molecule has 1 aliphatic heterocycles. The molecule has 1 aliphatic rings. The van der Waals surface area contributed by atoms with E-state index >= 15 is 0 Å². The van der Waals surface area contributed by atoms with Crippen molar-refractivity contribution in [2.24, 2.45) is 0 Å². The number of aromatic nitrogens is 2. The Bertz CT molecular complexity index is 416. The van der Waals surface area contributed by atoms with Gasteiger partial charge in [0.05, 0.1) is 23.5 Å². The first-order chi connectivity index (χ1) is 8.00. The van der Waals surface area contributed by atoms with E-state index in [1.807, 2.05) is 13.8 Å². The Morgan fingerprint density at radius 1 is 1.29 bits per heavy atom. The lowest BCUT2D eigenvalue weighted by atomic mass is 9.95. The van der Waals surface area contributed by atoms with Crippen molar-refractivity contribution in [3.05, 3.63) is 16.5 Å². The molecule has 0 bridgehead atoms. The Balaban J connectivity index is 2.20. The zero-order chi connectivity index (χ0) is 12.5. The first-order valence-corrected chi connectivity index (χ1v) is 6.25. The maximum Gasteiger partial charge on any atom is 0.171 e. The molecule has 1 saturated heterocycles. The van der Waals surface area contributed by atoms with E-state index in [0.29, 0.717) is 17.6 Å². The summed E-state index contributed by atoms with van der Waals surface area (Å²) in [6.07, 6.45) is 2.11. The van der Waals surface area contributed by atoms with Crippen LogP contribution in [-0.4, -0.2) is 28.7 Å². The van der Waals surface area contributed by atoms with Crippen molar-refractivity contribution in [1.82, 2.24) is 9.97 Å². The fraction of sp³-hybridized carbons (Fsp3) is 0.667. The van der Waals surface area contributed by atoms with Gasteiger partial charge in [0.15, 0.2) is 11.0 Å². The van der Waals surface area contributed by atoms with Crippen molar-refractivity contribution in [2.75, 3.05) is 18.5 Å². The van der Waals surface area contributed by atoms with E-state index in [2.05, 4.69) is 22.2 Å². The average Bonchev–Trinajstić information content (AvgIpc) is 2.26. The zero-order valence-electron chi connectivity index (χ0n) is 10.5. The summed E-state index contributed by atoms with van der Waals surface area (Å²) in [7, 11) is 0. The summed E-state index contributed by atoms with van der Waals surface area (Å²) in [5, 5.41) is 3.79. The SMILES string of the molecule is Cc1nc(Cl)c(NC2(C)CCCOC2)nc1C. The third-order valence-electron chi connectivity index (χ3n) is 3.12. The first-order valence-electron chi connectivity index (χ1n) is 5.87. The molecule has 0 aliphatic carbocycles. The van der Waals surface area contributed by atoms with Crippen molar-refractivity contribution < 1.29 is 4.74 Å². The van der Waals surface area contributed by atoms with E-state index in [1.165, 1.54) is 0 Å². The highest BCUT2D eigenvalue weighted by atomic mass is 35.5. The van der Waals surface area contributed by atoms with Gasteiger partial charge in [-0.25, -0.2) is 9.97 Å². The van der Waals surface area contributed by atoms with Gasteiger partial charge in [0.1, 0.15) is 0 Å². The van der Waals surface area contributed by atoms with Gasteiger partial charge < -0.3 is 10.1 Å². The molecule has 2 heterocycles. The molecule has 1 N–H and O–H groups in total. The van der Waals surface area contributed by atoms with Crippen LogP contribution in [0.4, 0.5) is 5.82 Å². The Morgan fingerprint density at radius 2 is 2.00 bits per heavy atom. The molecule has 0 amide bonds. The van der Waals surface area contributed by atoms with E-state index in [-0.39, 0.29) is 5.54 Å².